The van der Waals surface area contributed by atoms with Crippen molar-refractivity contribution < 1.29 is 5.11 Å². The van der Waals surface area contributed by atoms with E-state index in [2.05, 4.69) is 55.6 Å². The molecule has 2 atom stereocenters. The summed E-state index contributed by atoms with van der Waals surface area (Å²) in [6, 6.07) is 8.71. The second kappa shape index (κ2) is 7.85. The number of fused-ring (bicyclic) bond motifs is 2. The van der Waals surface area contributed by atoms with Crippen LogP contribution in [0.1, 0.15) is 30.1 Å². The van der Waals surface area contributed by atoms with Crippen LogP contribution in [0.2, 0.25) is 0 Å². The van der Waals surface area contributed by atoms with Gasteiger partial charge in [0.15, 0.2) is 12.0 Å². The standard InChI is InChI=1S/C19H24N6OS/c1-12-10-13-6-3-4-7-14(13)25(12)16-15-18(23-11-22-16)27-19(24-15)17(26)21-9-5-8-20-2/h3-4,6-7,11-12,17,20-21,26H,5,8-10H2,1-2H3/t12-,17?/m1/s1. The van der Waals surface area contributed by atoms with Gasteiger partial charge in [0.1, 0.15) is 21.7 Å². The van der Waals surface area contributed by atoms with Crippen LogP contribution in [0.5, 0.6) is 0 Å². The van der Waals surface area contributed by atoms with E-state index in [4.69, 9.17) is 0 Å². The summed E-state index contributed by atoms with van der Waals surface area (Å²) in [5, 5.41) is 17.3. The highest BCUT2D eigenvalue weighted by Gasteiger charge is 2.30. The van der Waals surface area contributed by atoms with E-state index in [9.17, 15) is 5.11 Å². The van der Waals surface area contributed by atoms with Crippen molar-refractivity contribution in [3.05, 3.63) is 41.2 Å². The predicted molar refractivity (Wildman–Crippen MR) is 108 cm³/mol. The lowest BCUT2D eigenvalue weighted by atomic mass is 10.1. The molecule has 1 unspecified atom stereocenters. The topological polar surface area (TPSA) is 86.2 Å². The van der Waals surface area contributed by atoms with Crippen molar-refractivity contribution >= 4 is 33.2 Å². The smallest absolute Gasteiger partial charge is 0.164 e. The second-order valence-corrected chi connectivity index (χ2v) is 7.78. The first-order chi connectivity index (χ1) is 13.2. The lowest BCUT2D eigenvalue weighted by molar-refractivity contribution is 0.139. The molecule has 0 spiro atoms. The zero-order valence-corrected chi connectivity index (χ0v) is 16.3. The van der Waals surface area contributed by atoms with Gasteiger partial charge in [-0.2, -0.15) is 0 Å². The number of aromatic nitrogens is 3. The molecule has 3 heterocycles. The summed E-state index contributed by atoms with van der Waals surface area (Å²) in [5.41, 5.74) is 3.24. The summed E-state index contributed by atoms with van der Waals surface area (Å²) in [6.07, 6.45) is 2.71. The minimum Gasteiger partial charge on any atom is -0.372 e. The fourth-order valence-electron chi connectivity index (χ4n) is 3.53. The number of hydrogen-bond donors (Lipinski definition) is 3. The van der Waals surface area contributed by atoms with Crippen molar-refractivity contribution in [2.45, 2.75) is 32.0 Å². The summed E-state index contributed by atoms with van der Waals surface area (Å²) in [7, 11) is 1.92. The summed E-state index contributed by atoms with van der Waals surface area (Å²) >= 11 is 1.41. The Morgan fingerprint density at radius 1 is 1.30 bits per heavy atom. The molecule has 0 radical (unpaired) electrons. The van der Waals surface area contributed by atoms with E-state index in [1.54, 1.807) is 6.33 Å². The van der Waals surface area contributed by atoms with Gasteiger partial charge in [-0.25, -0.2) is 15.0 Å². The summed E-state index contributed by atoms with van der Waals surface area (Å²) in [4.78, 5) is 16.6. The molecule has 0 aliphatic carbocycles. The molecule has 1 aliphatic heterocycles. The summed E-state index contributed by atoms with van der Waals surface area (Å²) < 4.78 is 0. The summed E-state index contributed by atoms with van der Waals surface area (Å²) in [5.74, 6) is 0.808. The molecule has 1 aromatic carbocycles. The maximum Gasteiger partial charge on any atom is 0.164 e. The Morgan fingerprint density at radius 3 is 3.00 bits per heavy atom. The third kappa shape index (κ3) is 3.53. The van der Waals surface area contributed by atoms with Gasteiger partial charge in [0.05, 0.1) is 0 Å². The minimum absolute atomic E-state index is 0.301. The van der Waals surface area contributed by atoms with Gasteiger partial charge in [0.25, 0.3) is 0 Å². The Kier molecular flexibility index (Phi) is 5.31. The molecule has 7 nitrogen and oxygen atoms in total. The molecular weight excluding hydrogens is 360 g/mol. The largest absolute Gasteiger partial charge is 0.372 e. The Morgan fingerprint density at radius 2 is 2.15 bits per heavy atom. The van der Waals surface area contributed by atoms with Crippen LogP contribution in [-0.4, -0.2) is 46.2 Å². The molecule has 0 fully saturated rings. The highest BCUT2D eigenvalue weighted by atomic mass is 32.1. The molecule has 142 valence electrons. The molecule has 4 rings (SSSR count). The van der Waals surface area contributed by atoms with E-state index in [0.717, 1.165) is 35.6 Å². The van der Waals surface area contributed by atoms with Crippen molar-refractivity contribution in [2.75, 3.05) is 25.0 Å². The first kappa shape index (κ1) is 18.2. The molecule has 0 amide bonds. The number of hydrogen-bond acceptors (Lipinski definition) is 8. The van der Waals surface area contributed by atoms with E-state index in [1.165, 1.54) is 22.6 Å². The van der Waals surface area contributed by atoms with Crippen LogP contribution < -0.4 is 15.5 Å². The lowest BCUT2D eigenvalue weighted by Gasteiger charge is -2.23. The fourth-order valence-corrected chi connectivity index (χ4v) is 4.39. The van der Waals surface area contributed by atoms with Crippen LogP contribution in [0, 0.1) is 0 Å². The number of para-hydroxylation sites is 1. The van der Waals surface area contributed by atoms with Gasteiger partial charge < -0.3 is 15.3 Å². The molecule has 3 N–H and O–H groups in total. The Balaban J connectivity index is 1.64. The first-order valence-corrected chi connectivity index (χ1v) is 10.1. The monoisotopic (exact) mass is 384 g/mol. The van der Waals surface area contributed by atoms with E-state index in [-0.39, 0.29) is 0 Å². The van der Waals surface area contributed by atoms with Crippen molar-refractivity contribution in [1.29, 1.82) is 0 Å². The van der Waals surface area contributed by atoms with Crippen LogP contribution in [0.25, 0.3) is 10.3 Å². The number of aliphatic hydroxyl groups excluding tert-OH is 1. The van der Waals surface area contributed by atoms with Crippen LogP contribution >= 0.6 is 11.3 Å². The van der Waals surface area contributed by atoms with E-state index >= 15 is 0 Å². The van der Waals surface area contributed by atoms with Crippen molar-refractivity contribution in [1.82, 2.24) is 25.6 Å². The van der Waals surface area contributed by atoms with Crippen LogP contribution in [-0.2, 0) is 6.42 Å². The van der Waals surface area contributed by atoms with Crippen LogP contribution in [0.3, 0.4) is 0 Å². The Hall–Kier alpha value is -2.13. The highest BCUT2D eigenvalue weighted by molar-refractivity contribution is 7.18. The molecule has 3 aromatic rings. The van der Waals surface area contributed by atoms with Crippen LogP contribution in [0.15, 0.2) is 30.6 Å². The number of aliphatic hydroxyl groups is 1. The van der Waals surface area contributed by atoms with Gasteiger partial charge in [-0.15, -0.1) is 0 Å². The molecule has 1 aliphatic rings. The first-order valence-electron chi connectivity index (χ1n) is 9.23. The Bertz CT molecular complexity index is 929. The number of nitrogens with one attached hydrogen (secondary N) is 2. The normalized spacial score (nSPS) is 17.4. The third-order valence-electron chi connectivity index (χ3n) is 4.80. The quantitative estimate of drug-likeness (QED) is 0.426. The molecule has 0 saturated carbocycles. The molecule has 27 heavy (non-hydrogen) atoms. The average molecular weight is 385 g/mol. The number of anilines is 2. The summed E-state index contributed by atoms with van der Waals surface area (Å²) in [6.45, 7) is 3.81. The van der Waals surface area contributed by atoms with Crippen molar-refractivity contribution in [3.63, 3.8) is 0 Å². The van der Waals surface area contributed by atoms with Crippen molar-refractivity contribution in [3.8, 4) is 0 Å². The van der Waals surface area contributed by atoms with E-state index in [0.29, 0.717) is 17.6 Å². The van der Waals surface area contributed by atoms with Gasteiger partial charge in [0, 0.05) is 11.7 Å². The number of benzene rings is 1. The highest BCUT2D eigenvalue weighted by Crippen LogP contribution is 2.40. The zero-order valence-electron chi connectivity index (χ0n) is 15.5. The van der Waals surface area contributed by atoms with Gasteiger partial charge in [0.2, 0.25) is 0 Å². The molecule has 2 aromatic heterocycles. The maximum absolute atomic E-state index is 10.4. The van der Waals surface area contributed by atoms with E-state index in [1.807, 2.05) is 13.1 Å². The molecular formula is C19H24N6OS. The van der Waals surface area contributed by atoms with Gasteiger partial charge in [-0.05, 0) is 51.5 Å². The molecule has 8 heteroatoms. The van der Waals surface area contributed by atoms with Gasteiger partial charge in [-0.1, -0.05) is 29.5 Å². The number of nitrogens with zero attached hydrogens (tertiary/aromatic N) is 4. The SMILES string of the molecule is CNCCCNC(O)c1nc2c(N3c4ccccc4C[C@H]3C)ncnc2s1. The maximum atomic E-state index is 10.4. The van der Waals surface area contributed by atoms with Gasteiger partial charge in [-0.3, -0.25) is 5.32 Å². The third-order valence-corrected chi connectivity index (χ3v) is 5.82. The van der Waals surface area contributed by atoms with Gasteiger partial charge >= 0.3 is 0 Å². The van der Waals surface area contributed by atoms with Crippen LogP contribution in [0.4, 0.5) is 11.5 Å². The second-order valence-electron chi connectivity index (χ2n) is 6.77. The van der Waals surface area contributed by atoms with Crippen molar-refractivity contribution in [2.24, 2.45) is 0 Å². The Labute approximate surface area is 162 Å². The lowest BCUT2D eigenvalue weighted by Crippen LogP contribution is -2.25. The predicted octanol–water partition coefficient (Wildman–Crippen LogP) is 2.36. The average Bonchev–Trinajstić information content (AvgIpc) is 3.25. The zero-order chi connectivity index (χ0) is 18.8. The van der Waals surface area contributed by atoms with E-state index < -0.39 is 6.23 Å². The molecule has 0 saturated heterocycles. The number of rotatable bonds is 7. The number of thiazole rings is 1. The minimum atomic E-state index is -0.794. The molecule has 0 bridgehead atoms. The fraction of sp³-hybridized carbons (Fsp3) is 0.421.